The average molecular weight is 384 g/mol. The second kappa shape index (κ2) is 7.52. The number of rotatable bonds is 5. The van der Waals surface area contributed by atoms with Crippen molar-refractivity contribution in [2.24, 2.45) is 0 Å². The van der Waals surface area contributed by atoms with Crippen LogP contribution in [0.25, 0.3) is 22.7 Å². The number of Topliss-reactive ketones (excluding diaryl/α,β-unsaturated/α-hetero) is 1. The fraction of sp³-hybridized carbons (Fsp3) is 0.0435. The number of hydrogen-bond acceptors (Lipinski definition) is 5. The predicted molar refractivity (Wildman–Crippen MR) is 110 cm³/mol. The molecule has 6 nitrogen and oxygen atoms in total. The molecule has 0 aliphatic heterocycles. The molecule has 0 unspecified atom stereocenters. The van der Waals surface area contributed by atoms with Gasteiger partial charge in [0.05, 0.1) is 10.5 Å². The zero-order valence-corrected chi connectivity index (χ0v) is 15.5. The van der Waals surface area contributed by atoms with Crippen LogP contribution in [0.2, 0.25) is 0 Å². The van der Waals surface area contributed by atoms with Crippen molar-refractivity contribution in [1.82, 2.24) is 4.98 Å². The summed E-state index contributed by atoms with van der Waals surface area (Å²) in [5.41, 5.74) is 3.67. The van der Waals surface area contributed by atoms with E-state index in [-0.39, 0.29) is 22.9 Å². The molecule has 0 atom stereocenters. The quantitative estimate of drug-likeness (QED) is 0.197. The third-order valence-corrected chi connectivity index (χ3v) is 4.50. The van der Waals surface area contributed by atoms with E-state index < -0.39 is 4.92 Å². The lowest BCUT2D eigenvalue weighted by molar-refractivity contribution is -0.384. The predicted octanol–water partition coefficient (Wildman–Crippen LogP) is 5.47. The van der Waals surface area contributed by atoms with Crippen LogP contribution in [0.15, 0.2) is 77.2 Å². The van der Waals surface area contributed by atoms with E-state index in [4.69, 9.17) is 4.42 Å². The zero-order chi connectivity index (χ0) is 20.4. The molecule has 4 aromatic rings. The first kappa shape index (κ1) is 18.3. The van der Waals surface area contributed by atoms with Gasteiger partial charge in [0.1, 0.15) is 5.52 Å². The van der Waals surface area contributed by atoms with Crippen molar-refractivity contribution in [1.29, 1.82) is 0 Å². The topological polar surface area (TPSA) is 86.2 Å². The Bertz CT molecular complexity index is 1200. The number of hydrogen-bond donors (Lipinski definition) is 0. The Morgan fingerprint density at radius 2 is 1.69 bits per heavy atom. The van der Waals surface area contributed by atoms with E-state index in [2.05, 4.69) is 4.98 Å². The van der Waals surface area contributed by atoms with Crippen molar-refractivity contribution in [3.8, 4) is 0 Å². The van der Waals surface area contributed by atoms with Crippen LogP contribution in [0.1, 0.15) is 27.4 Å². The fourth-order valence-electron chi connectivity index (χ4n) is 2.93. The van der Waals surface area contributed by atoms with Crippen LogP contribution in [-0.4, -0.2) is 15.7 Å². The molecular weight excluding hydrogens is 368 g/mol. The van der Waals surface area contributed by atoms with Gasteiger partial charge < -0.3 is 4.42 Å². The molecule has 142 valence electrons. The highest BCUT2D eigenvalue weighted by molar-refractivity contribution is 6.31. The minimum Gasteiger partial charge on any atom is -0.436 e. The largest absolute Gasteiger partial charge is 0.436 e. The molecule has 0 fully saturated rings. The molecule has 0 saturated heterocycles. The monoisotopic (exact) mass is 384 g/mol. The van der Waals surface area contributed by atoms with Gasteiger partial charge in [0, 0.05) is 17.7 Å². The molecule has 0 spiro atoms. The van der Waals surface area contributed by atoms with E-state index in [9.17, 15) is 14.9 Å². The Balaban J connectivity index is 1.82. The number of ketones is 1. The smallest absolute Gasteiger partial charge is 0.269 e. The molecule has 29 heavy (non-hydrogen) atoms. The number of nitrogens with zero attached hydrogens (tertiary/aromatic N) is 2. The van der Waals surface area contributed by atoms with Crippen molar-refractivity contribution < 1.29 is 14.1 Å². The number of nitro groups is 1. The standard InChI is InChI=1S/C23H16N2O4/c1-15-6-10-17(11-7-15)22(26)19(14-16-8-12-18(13-9-16)25(27)28)23-24-20-4-2-3-5-21(20)29-23/h2-14H,1H3. The Kier molecular flexibility index (Phi) is 4.75. The molecule has 0 aliphatic carbocycles. The normalized spacial score (nSPS) is 11.6. The van der Waals surface area contributed by atoms with E-state index in [1.54, 1.807) is 36.4 Å². The maximum atomic E-state index is 13.2. The van der Waals surface area contributed by atoms with E-state index in [0.29, 0.717) is 22.2 Å². The highest BCUT2D eigenvalue weighted by atomic mass is 16.6. The van der Waals surface area contributed by atoms with Crippen molar-refractivity contribution in [3.63, 3.8) is 0 Å². The van der Waals surface area contributed by atoms with Crippen molar-refractivity contribution in [3.05, 3.63) is 105 Å². The molecule has 1 heterocycles. The number of carbonyl (C=O) groups is 1. The summed E-state index contributed by atoms with van der Waals surface area (Å²) in [6.07, 6.45) is 1.64. The number of carbonyl (C=O) groups excluding carboxylic acids is 1. The fourth-order valence-corrected chi connectivity index (χ4v) is 2.93. The second-order valence-electron chi connectivity index (χ2n) is 6.59. The number of fused-ring (bicyclic) bond motifs is 1. The molecule has 3 aromatic carbocycles. The molecule has 0 bridgehead atoms. The van der Waals surface area contributed by atoms with Crippen molar-refractivity contribution in [2.75, 3.05) is 0 Å². The first-order valence-corrected chi connectivity index (χ1v) is 8.95. The number of allylic oxidation sites excluding steroid dienone is 1. The molecule has 1 aromatic heterocycles. The van der Waals surface area contributed by atoms with Gasteiger partial charge in [0.25, 0.3) is 5.69 Å². The molecule has 0 N–H and O–H groups in total. The number of aryl methyl sites for hydroxylation is 1. The van der Waals surface area contributed by atoms with Crippen LogP contribution in [-0.2, 0) is 0 Å². The second-order valence-corrected chi connectivity index (χ2v) is 6.59. The van der Waals surface area contributed by atoms with E-state index >= 15 is 0 Å². The average Bonchev–Trinajstić information content (AvgIpc) is 3.16. The zero-order valence-electron chi connectivity index (χ0n) is 15.5. The summed E-state index contributed by atoms with van der Waals surface area (Å²) in [6, 6.07) is 20.5. The minimum absolute atomic E-state index is 0.0181. The SMILES string of the molecule is Cc1ccc(C(=O)C(=Cc2ccc([N+](=O)[O-])cc2)c2nc3ccccc3o2)cc1. The van der Waals surface area contributed by atoms with Gasteiger partial charge in [-0.2, -0.15) is 0 Å². The van der Waals surface area contributed by atoms with Crippen molar-refractivity contribution >= 4 is 34.2 Å². The van der Waals surface area contributed by atoms with Gasteiger partial charge in [0.15, 0.2) is 11.4 Å². The number of oxazole rings is 1. The molecule has 0 radical (unpaired) electrons. The third-order valence-electron chi connectivity index (χ3n) is 4.50. The summed E-state index contributed by atoms with van der Waals surface area (Å²) >= 11 is 0. The van der Waals surface area contributed by atoms with Gasteiger partial charge in [-0.3, -0.25) is 14.9 Å². The van der Waals surface area contributed by atoms with Crippen LogP contribution in [0, 0.1) is 17.0 Å². The lowest BCUT2D eigenvalue weighted by Crippen LogP contribution is -2.03. The van der Waals surface area contributed by atoms with E-state index in [0.717, 1.165) is 5.56 Å². The summed E-state index contributed by atoms with van der Waals surface area (Å²) in [5.74, 6) is -0.0370. The van der Waals surface area contributed by atoms with Crippen LogP contribution in [0.4, 0.5) is 5.69 Å². The van der Waals surface area contributed by atoms with Crippen LogP contribution < -0.4 is 0 Å². The summed E-state index contributed by atoms with van der Waals surface area (Å²) < 4.78 is 5.82. The number of nitro benzene ring substituents is 1. The first-order valence-electron chi connectivity index (χ1n) is 8.95. The minimum atomic E-state index is -0.466. The third kappa shape index (κ3) is 3.82. The van der Waals surface area contributed by atoms with Gasteiger partial charge in [0.2, 0.25) is 5.89 Å². The first-order chi connectivity index (χ1) is 14.0. The van der Waals surface area contributed by atoms with Crippen LogP contribution in [0.5, 0.6) is 0 Å². The maximum absolute atomic E-state index is 13.2. The molecule has 6 heteroatoms. The Labute approximate surface area is 166 Å². The maximum Gasteiger partial charge on any atom is 0.269 e. The van der Waals surface area contributed by atoms with Crippen LogP contribution >= 0.6 is 0 Å². The Morgan fingerprint density at radius 3 is 2.34 bits per heavy atom. The number of para-hydroxylation sites is 2. The Morgan fingerprint density at radius 1 is 1.00 bits per heavy atom. The molecule has 0 aliphatic rings. The molecule has 0 amide bonds. The number of aromatic nitrogens is 1. The molecule has 4 rings (SSSR count). The summed E-state index contributed by atoms with van der Waals surface area (Å²) in [5, 5.41) is 10.9. The van der Waals surface area contributed by atoms with Gasteiger partial charge in [-0.05, 0) is 42.8 Å². The van der Waals surface area contributed by atoms with Gasteiger partial charge in [-0.1, -0.05) is 42.0 Å². The van der Waals surface area contributed by atoms with Gasteiger partial charge in [-0.25, -0.2) is 4.98 Å². The highest BCUT2D eigenvalue weighted by Gasteiger charge is 2.20. The van der Waals surface area contributed by atoms with Gasteiger partial charge >= 0.3 is 0 Å². The number of non-ortho nitro benzene ring substituents is 1. The summed E-state index contributed by atoms with van der Waals surface area (Å²) in [4.78, 5) is 28.1. The number of benzene rings is 3. The Hall–Kier alpha value is -4.06. The summed E-state index contributed by atoms with van der Waals surface area (Å²) in [6.45, 7) is 1.95. The lowest BCUT2D eigenvalue weighted by atomic mass is 10.00. The van der Waals surface area contributed by atoms with E-state index in [1.165, 1.54) is 12.1 Å². The van der Waals surface area contributed by atoms with E-state index in [1.807, 2.05) is 37.3 Å². The van der Waals surface area contributed by atoms with Crippen molar-refractivity contribution in [2.45, 2.75) is 6.92 Å². The summed E-state index contributed by atoms with van der Waals surface area (Å²) in [7, 11) is 0. The lowest BCUT2D eigenvalue weighted by Gasteiger charge is -2.05. The molecule has 0 saturated carbocycles. The molecular formula is C23H16N2O4. The van der Waals surface area contributed by atoms with Crippen LogP contribution in [0.3, 0.4) is 0 Å². The highest BCUT2D eigenvalue weighted by Crippen LogP contribution is 2.27. The van der Waals surface area contributed by atoms with Gasteiger partial charge in [-0.15, -0.1) is 0 Å².